The van der Waals surface area contributed by atoms with Gasteiger partial charge < -0.3 is 9.64 Å². The number of benzene rings is 1. The van der Waals surface area contributed by atoms with E-state index in [9.17, 15) is 4.39 Å². The Bertz CT molecular complexity index is 794. The van der Waals surface area contributed by atoms with Gasteiger partial charge in [-0.25, -0.2) is 4.39 Å². The lowest BCUT2D eigenvalue weighted by molar-refractivity contribution is 0.320. The molecule has 1 atom stereocenters. The van der Waals surface area contributed by atoms with Crippen LogP contribution in [0.15, 0.2) is 64.9 Å². The van der Waals surface area contributed by atoms with Crippen molar-refractivity contribution in [3.05, 3.63) is 65.7 Å². The molecule has 0 fully saturated rings. The summed E-state index contributed by atoms with van der Waals surface area (Å²) in [5, 5.41) is 0.0667. The van der Waals surface area contributed by atoms with E-state index < -0.39 is 0 Å². The summed E-state index contributed by atoms with van der Waals surface area (Å²) in [6.07, 6.45) is 5.77. The molecular weight excluding hydrogens is 325 g/mol. The lowest BCUT2D eigenvalue weighted by Crippen LogP contribution is -2.25. The average molecular weight is 341 g/mol. The van der Waals surface area contributed by atoms with Crippen LogP contribution >= 0.6 is 11.8 Å². The standard InChI is InChI=1S/C18H16FN3OS/c19-13-8-14(10-20-9-13)22-7-6-16-17(11-22)24-18(21-16)12-23-15-4-2-1-3-5-15/h1-5,8-11,18H,6-7,12H2. The van der Waals surface area contributed by atoms with Gasteiger partial charge in [0.2, 0.25) is 0 Å². The highest BCUT2D eigenvalue weighted by Gasteiger charge is 2.28. The summed E-state index contributed by atoms with van der Waals surface area (Å²) < 4.78 is 19.2. The van der Waals surface area contributed by atoms with Crippen LogP contribution in [-0.4, -0.2) is 29.2 Å². The normalized spacial score (nSPS) is 19.5. The van der Waals surface area contributed by atoms with Crippen molar-refractivity contribution in [3.8, 4) is 5.75 Å². The minimum atomic E-state index is -0.321. The molecule has 1 aromatic carbocycles. The fourth-order valence-corrected chi connectivity index (χ4v) is 3.81. The van der Waals surface area contributed by atoms with E-state index in [4.69, 9.17) is 9.73 Å². The number of aliphatic imine (C=N–C) groups is 1. The molecule has 2 aliphatic heterocycles. The molecule has 3 heterocycles. The number of allylic oxidation sites excluding steroid dienone is 1. The predicted molar refractivity (Wildman–Crippen MR) is 95.0 cm³/mol. The van der Waals surface area contributed by atoms with Crippen molar-refractivity contribution >= 4 is 23.2 Å². The number of thioether (sulfide) groups is 1. The number of hydrogen-bond acceptors (Lipinski definition) is 5. The molecular formula is C18H16FN3OS. The largest absolute Gasteiger partial charge is 0.490 e. The minimum Gasteiger partial charge on any atom is -0.490 e. The molecule has 1 unspecified atom stereocenters. The highest BCUT2D eigenvalue weighted by atomic mass is 32.2. The molecule has 0 amide bonds. The Balaban J connectivity index is 1.43. The zero-order valence-corrected chi connectivity index (χ0v) is 13.7. The second kappa shape index (κ2) is 6.65. The lowest BCUT2D eigenvalue weighted by atomic mass is 10.2. The van der Waals surface area contributed by atoms with E-state index in [0.717, 1.165) is 35.0 Å². The summed E-state index contributed by atoms with van der Waals surface area (Å²) in [4.78, 5) is 11.8. The van der Waals surface area contributed by atoms with Crippen LogP contribution < -0.4 is 9.64 Å². The lowest BCUT2D eigenvalue weighted by Gasteiger charge is -2.25. The molecule has 0 saturated carbocycles. The third-order valence-corrected chi connectivity index (χ3v) is 4.98. The number of anilines is 1. The number of para-hydroxylation sites is 1. The van der Waals surface area contributed by atoms with E-state index in [1.54, 1.807) is 18.0 Å². The molecule has 2 aromatic rings. The molecule has 0 bridgehead atoms. The van der Waals surface area contributed by atoms with Gasteiger partial charge in [0.25, 0.3) is 0 Å². The molecule has 0 spiro atoms. The van der Waals surface area contributed by atoms with Gasteiger partial charge in [-0.3, -0.25) is 9.98 Å². The Morgan fingerprint density at radius 3 is 2.96 bits per heavy atom. The predicted octanol–water partition coefficient (Wildman–Crippen LogP) is 3.87. The minimum absolute atomic E-state index is 0.0667. The van der Waals surface area contributed by atoms with Crippen LogP contribution in [0.25, 0.3) is 0 Å². The molecule has 24 heavy (non-hydrogen) atoms. The summed E-state index contributed by atoms with van der Waals surface area (Å²) in [6.45, 7) is 1.32. The Morgan fingerprint density at radius 2 is 2.12 bits per heavy atom. The van der Waals surface area contributed by atoms with Crippen LogP contribution in [0.4, 0.5) is 10.1 Å². The van der Waals surface area contributed by atoms with Crippen molar-refractivity contribution in [2.75, 3.05) is 18.1 Å². The van der Waals surface area contributed by atoms with Gasteiger partial charge in [0.15, 0.2) is 0 Å². The number of aromatic nitrogens is 1. The maximum atomic E-state index is 13.4. The molecule has 0 N–H and O–H groups in total. The Morgan fingerprint density at radius 1 is 1.25 bits per heavy atom. The van der Waals surface area contributed by atoms with Crippen LogP contribution in [0.1, 0.15) is 6.42 Å². The van der Waals surface area contributed by atoms with Gasteiger partial charge in [-0.05, 0) is 12.1 Å². The van der Waals surface area contributed by atoms with Gasteiger partial charge in [-0.15, -0.1) is 0 Å². The smallest absolute Gasteiger partial charge is 0.143 e. The Kier molecular flexibility index (Phi) is 4.21. The first-order chi connectivity index (χ1) is 11.8. The number of fused-ring (bicyclic) bond motifs is 1. The highest BCUT2D eigenvalue weighted by Crippen LogP contribution is 2.36. The van der Waals surface area contributed by atoms with E-state index >= 15 is 0 Å². The molecule has 0 saturated heterocycles. The number of pyridine rings is 1. The summed E-state index contributed by atoms with van der Waals surface area (Å²) in [6, 6.07) is 11.3. The average Bonchev–Trinajstić information content (AvgIpc) is 3.03. The first-order valence-corrected chi connectivity index (χ1v) is 8.66. The fraction of sp³-hybridized carbons (Fsp3) is 0.222. The monoisotopic (exact) mass is 341 g/mol. The molecule has 6 heteroatoms. The summed E-state index contributed by atoms with van der Waals surface area (Å²) in [7, 11) is 0. The van der Waals surface area contributed by atoms with Gasteiger partial charge in [-0.1, -0.05) is 30.0 Å². The number of hydrogen-bond donors (Lipinski definition) is 0. The maximum Gasteiger partial charge on any atom is 0.143 e. The summed E-state index contributed by atoms with van der Waals surface area (Å²) in [5.41, 5.74) is 1.88. The zero-order valence-electron chi connectivity index (χ0n) is 12.9. The first kappa shape index (κ1) is 15.2. The maximum absolute atomic E-state index is 13.4. The summed E-state index contributed by atoms with van der Waals surface area (Å²) in [5.74, 6) is 0.535. The van der Waals surface area contributed by atoms with E-state index in [1.165, 1.54) is 12.3 Å². The molecule has 1 aromatic heterocycles. The van der Waals surface area contributed by atoms with Crippen molar-refractivity contribution in [3.63, 3.8) is 0 Å². The topological polar surface area (TPSA) is 37.7 Å². The number of halogens is 1. The third kappa shape index (κ3) is 3.28. The second-order valence-electron chi connectivity index (χ2n) is 5.57. The van der Waals surface area contributed by atoms with Crippen molar-refractivity contribution in [2.24, 2.45) is 4.99 Å². The van der Waals surface area contributed by atoms with Crippen molar-refractivity contribution in [1.29, 1.82) is 0 Å². The van der Waals surface area contributed by atoms with Crippen LogP contribution in [-0.2, 0) is 0 Å². The quantitative estimate of drug-likeness (QED) is 0.846. The van der Waals surface area contributed by atoms with Crippen molar-refractivity contribution in [2.45, 2.75) is 11.8 Å². The SMILES string of the molecule is Fc1cncc(N2C=C3SC(COc4ccccc4)N=C3CC2)c1. The molecule has 4 nitrogen and oxygen atoms in total. The van der Waals surface area contributed by atoms with Gasteiger partial charge in [0, 0.05) is 30.1 Å². The number of nitrogens with zero attached hydrogens (tertiary/aromatic N) is 3. The van der Waals surface area contributed by atoms with Gasteiger partial charge in [0.05, 0.1) is 23.8 Å². The summed E-state index contributed by atoms with van der Waals surface area (Å²) >= 11 is 1.69. The number of rotatable bonds is 4. The zero-order chi connectivity index (χ0) is 16.4. The highest BCUT2D eigenvalue weighted by molar-refractivity contribution is 8.05. The molecule has 0 radical (unpaired) electrons. The fourth-order valence-electron chi connectivity index (χ4n) is 2.72. The molecule has 0 aliphatic carbocycles. The number of ether oxygens (including phenoxy) is 1. The van der Waals surface area contributed by atoms with E-state index in [-0.39, 0.29) is 11.2 Å². The van der Waals surface area contributed by atoms with Gasteiger partial charge in [-0.2, -0.15) is 0 Å². The van der Waals surface area contributed by atoms with Gasteiger partial charge >= 0.3 is 0 Å². The Labute approximate surface area is 144 Å². The molecule has 2 aliphatic rings. The third-order valence-electron chi connectivity index (χ3n) is 3.87. The van der Waals surface area contributed by atoms with Crippen LogP contribution in [0, 0.1) is 5.82 Å². The second-order valence-corrected chi connectivity index (χ2v) is 6.79. The first-order valence-electron chi connectivity index (χ1n) is 7.78. The molecule has 4 rings (SSSR count). The molecule has 122 valence electrons. The Hall–Kier alpha value is -2.34. The van der Waals surface area contributed by atoms with Crippen LogP contribution in [0.5, 0.6) is 5.75 Å². The van der Waals surface area contributed by atoms with Crippen molar-refractivity contribution in [1.82, 2.24) is 4.98 Å². The van der Waals surface area contributed by atoms with Crippen molar-refractivity contribution < 1.29 is 9.13 Å². The van der Waals surface area contributed by atoms with Gasteiger partial charge in [0.1, 0.15) is 23.5 Å². The van der Waals surface area contributed by atoms with E-state index in [1.807, 2.05) is 41.4 Å². The van der Waals surface area contributed by atoms with Crippen LogP contribution in [0.3, 0.4) is 0 Å². The van der Waals surface area contributed by atoms with E-state index in [2.05, 4.69) is 4.98 Å². The van der Waals surface area contributed by atoms with Crippen LogP contribution in [0.2, 0.25) is 0 Å². The van der Waals surface area contributed by atoms with E-state index in [0.29, 0.717) is 6.61 Å².